The van der Waals surface area contributed by atoms with Crippen molar-refractivity contribution in [2.75, 3.05) is 13.2 Å². The number of ether oxygens (including phenoxy) is 1. The minimum atomic E-state index is -3.96. The molecule has 21 heavy (non-hydrogen) atoms. The van der Waals surface area contributed by atoms with Crippen molar-refractivity contribution in [2.24, 2.45) is 5.41 Å². The van der Waals surface area contributed by atoms with E-state index in [1.807, 2.05) is 0 Å². The van der Waals surface area contributed by atoms with E-state index in [0.717, 1.165) is 0 Å². The number of aliphatic hydroxyl groups is 3. The van der Waals surface area contributed by atoms with E-state index in [2.05, 4.69) is 4.74 Å². The maximum absolute atomic E-state index is 11.2. The van der Waals surface area contributed by atoms with Crippen molar-refractivity contribution < 1.29 is 59.7 Å². The third-order valence-electron chi connectivity index (χ3n) is 2.87. The van der Waals surface area contributed by atoms with Gasteiger partial charge in [0.15, 0.2) is 6.10 Å². The summed E-state index contributed by atoms with van der Waals surface area (Å²) in [5.74, 6) is -7.29. The summed E-state index contributed by atoms with van der Waals surface area (Å²) in [6.07, 6.45) is -5.40. The Morgan fingerprint density at radius 2 is 1.29 bits per heavy atom. The fourth-order valence-electron chi connectivity index (χ4n) is 1.71. The van der Waals surface area contributed by atoms with Gasteiger partial charge in [-0.2, -0.15) is 0 Å². The number of rotatable bonds is 8. The largest absolute Gasteiger partial charge is 0.507 e. The molecule has 0 aromatic heterocycles. The van der Waals surface area contributed by atoms with E-state index in [4.69, 9.17) is 30.6 Å². The number of hydrogen-bond acceptors (Lipinski definition) is 8. The Bertz CT molecular complexity index is 436. The van der Waals surface area contributed by atoms with Gasteiger partial charge < -0.3 is 40.5 Å². The maximum atomic E-state index is 11.2. The van der Waals surface area contributed by atoms with Crippen molar-refractivity contribution in [2.45, 2.75) is 11.7 Å². The van der Waals surface area contributed by atoms with Crippen LogP contribution in [-0.2, 0) is 19.1 Å². The second-order valence-electron chi connectivity index (χ2n) is 3.87. The van der Waals surface area contributed by atoms with E-state index >= 15 is 0 Å². The lowest BCUT2D eigenvalue weighted by molar-refractivity contribution is -0.223. The molecule has 0 aromatic rings. The zero-order valence-electron chi connectivity index (χ0n) is 10.2. The Balaban J connectivity index is 6.53. The van der Waals surface area contributed by atoms with Crippen molar-refractivity contribution in [3.05, 3.63) is 0 Å². The lowest BCUT2D eigenvalue weighted by Crippen LogP contribution is -2.70. The molecule has 0 amide bonds. The number of carboxylic acid groups (broad SMARTS) is 4. The van der Waals surface area contributed by atoms with Gasteiger partial charge in [-0.1, -0.05) is 0 Å². The molecule has 0 saturated carbocycles. The number of carboxylic acids is 3. The molecule has 0 spiro atoms. The summed E-state index contributed by atoms with van der Waals surface area (Å²) in [5, 5.41) is 62.9. The van der Waals surface area contributed by atoms with E-state index in [0.29, 0.717) is 0 Å². The summed E-state index contributed by atoms with van der Waals surface area (Å²) >= 11 is 0. The zero-order valence-corrected chi connectivity index (χ0v) is 10.2. The third kappa shape index (κ3) is 2.72. The van der Waals surface area contributed by atoms with Crippen LogP contribution in [0.1, 0.15) is 0 Å². The van der Waals surface area contributed by atoms with Crippen LogP contribution in [-0.4, -0.2) is 84.7 Å². The predicted molar refractivity (Wildman–Crippen MR) is 57.4 cm³/mol. The smallest absolute Gasteiger partial charge is 0.479 e. The summed E-state index contributed by atoms with van der Waals surface area (Å²) in [6.45, 7) is -3.44. The van der Waals surface area contributed by atoms with Gasteiger partial charge in [-0.25, -0.2) is 19.2 Å². The monoisotopic (exact) mass is 312 g/mol. The van der Waals surface area contributed by atoms with Gasteiger partial charge >= 0.3 is 29.7 Å². The molecule has 0 fully saturated rings. The SMILES string of the molecule is O=C(O)OC(C(=O)O)(C(=O)O)C(CO)(CO)C(O)C(=O)O. The van der Waals surface area contributed by atoms with Gasteiger partial charge in [0.2, 0.25) is 0 Å². The van der Waals surface area contributed by atoms with Gasteiger partial charge in [-0.15, -0.1) is 0 Å². The standard InChI is InChI=1S/C9H12O12/c10-1-8(2-11,3(12)4(13)14)9(5(15)16,6(17)18)21-7(19)20/h3,10-12H,1-2H2,(H,13,14)(H,15,16)(H,17,18)(H,19,20). The Morgan fingerprint density at radius 3 is 1.48 bits per heavy atom. The lowest BCUT2D eigenvalue weighted by atomic mass is 9.68. The Labute approximate surface area is 115 Å². The number of aliphatic carboxylic acids is 3. The van der Waals surface area contributed by atoms with Gasteiger partial charge in [0.1, 0.15) is 5.41 Å². The number of carbonyl (C=O) groups is 4. The molecule has 0 aliphatic carbocycles. The average Bonchev–Trinajstić information content (AvgIpc) is 2.37. The lowest BCUT2D eigenvalue weighted by Gasteiger charge is -2.42. The first kappa shape index (κ1) is 18.6. The molecule has 0 aliphatic rings. The van der Waals surface area contributed by atoms with Crippen molar-refractivity contribution >= 4 is 24.1 Å². The van der Waals surface area contributed by atoms with Crippen molar-refractivity contribution in [3.8, 4) is 0 Å². The Hall–Kier alpha value is -2.44. The third-order valence-corrected chi connectivity index (χ3v) is 2.87. The van der Waals surface area contributed by atoms with Crippen LogP contribution in [0.3, 0.4) is 0 Å². The summed E-state index contributed by atoms with van der Waals surface area (Å²) in [4.78, 5) is 43.7. The van der Waals surface area contributed by atoms with Gasteiger partial charge in [0, 0.05) is 0 Å². The molecule has 1 atom stereocenters. The molecule has 1 unspecified atom stereocenters. The van der Waals surface area contributed by atoms with Crippen LogP contribution in [0, 0.1) is 5.41 Å². The highest BCUT2D eigenvalue weighted by atomic mass is 16.7. The van der Waals surface area contributed by atoms with Crippen LogP contribution in [0.25, 0.3) is 0 Å². The van der Waals surface area contributed by atoms with Gasteiger partial charge in [-0.05, 0) is 0 Å². The molecule has 0 bridgehead atoms. The molecule has 120 valence electrons. The number of hydrogen-bond donors (Lipinski definition) is 7. The van der Waals surface area contributed by atoms with E-state index in [1.54, 1.807) is 0 Å². The quantitative estimate of drug-likeness (QED) is 0.176. The Kier molecular flexibility index (Phi) is 5.60. The molecule has 0 radical (unpaired) electrons. The summed E-state index contributed by atoms with van der Waals surface area (Å²) in [7, 11) is 0. The minimum Gasteiger partial charge on any atom is -0.479 e. The van der Waals surface area contributed by atoms with Crippen LogP contribution < -0.4 is 0 Å². The summed E-state index contributed by atoms with van der Waals surface area (Å²) in [6, 6.07) is 0. The molecule has 7 N–H and O–H groups in total. The fourth-order valence-corrected chi connectivity index (χ4v) is 1.71. The first-order chi connectivity index (χ1) is 9.53. The van der Waals surface area contributed by atoms with E-state index in [9.17, 15) is 24.3 Å². The highest BCUT2D eigenvalue weighted by molar-refractivity contribution is 6.05. The highest BCUT2D eigenvalue weighted by Gasteiger charge is 2.70. The zero-order chi connectivity index (χ0) is 17.0. The van der Waals surface area contributed by atoms with Crippen molar-refractivity contribution in [1.29, 1.82) is 0 Å². The number of aliphatic hydroxyl groups excluding tert-OH is 3. The predicted octanol–water partition coefficient (Wildman–Crippen LogP) is -2.99. The highest BCUT2D eigenvalue weighted by Crippen LogP contribution is 2.39. The van der Waals surface area contributed by atoms with Crippen molar-refractivity contribution in [1.82, 2.24) is 0 Å². The normalized spacial score (nSPS) is 13.3. The van der Waals surface area contributed by atoms with E-state index in [1.165, 1.54) is 0 Å². The van der Waals surface area contributed by atoms with Crippen LogP contribution >= 0.6 is 0 Å². The maximum Gasteiger partial charge on any atom is 0.507 e. The fraction of sp³-hybridized carbons (Fsp3) is 0.556. The molecule has 12 heteroatoms. The molecular formula is C9H12O12. The molecule has 12 nitrogen and oxygen atoms in total. The van der Waals surface area contributed by atoms with Crippen LogP contribution in [0.15, 0.2) is 0 Å². The minimum absolute atomic E-state index is 1.72. The van der Waals surface area contributed by atoms with Crippen LogP contribution in [0.4, 0.5) is 4.79 Å². The first-order valence-electron chi connectivity index (χ1n) is 5.04. The summed E-state index contributed by atoms with van der Waals surface area (Å²) < 4.78 is 3.75. The second-order valence-corrected chi connectivity index (χ2v) is 3.87. The van der Waals surface area contributed by atoms with Gasteiger partial charge in [0.25, 0.3) is 0 Å². The van der Waals surface area contributed by atoms with Gasteiger partial charge in [-0.3, -0.25) is 0 Å². The molecule has 0 rings (SSSR count). The van der Waals surface area contributed by atoms with Crippen molar-refractivity contribution in [3.63, 3.8) is 0 Å². The molecule has 0 saturated heterocycles. The topological polar surface area (TPSA) is 219 Å². The molecular weight excluding hydrogens is 300 g/mol. The van der Waals surface area contributed by atoms with Crippen LogP contribution in [0.5, 0.6) is 0 Å². The molecule has 0 heterocycles. The molecule has 0 aliphatic heterocycles. The average molecular weight is 312 g/mol. The Morgan fingerprint density at radius 1 is 0.905 bits per heavy atom. The van der Waals surface area contributed by atoms with E-state index in [-0.39, 0.29) is 0 Å². The second kappa shape index (κ2) is 6.34. The summed E-state index contributed by atoms with van der Waals surface area (Å²) in [5.41, 5.74) is -7.24. The van der Waals surface area contributed by atoms with E-state index < -0.39 is 54.4 Å². The molecule has 0 aromatic carbocycles. The first-order valence-corrected chi connectivity index (χ1v) is 5.04. The van der Waals surface area contributed by atoms with Gasteiger partial charge in [0.05, 0.1) is 13.2 Å². The van der Waals surface area contributed by atoms with Crippen LogP contribution in [0.2, 0.25) is 0 Å².